The molecule has 1 aromatic carbocycles. The summed E-state index contributed by atoms with van der Waals surface area (Å²) in [6.45, 7) is 1.34. The molecule has 4 aromatic rings. The average Bonchev–Trinajstić information content (AvgIpc) is 3.09. The number of carbonyl (C=O) groups excluding carboxylic acids is 2. The van der Waals surface area contributed by atoms with Crippen molar-refractivity contribution in [2.45, 2.75) is 19.5 Å². The van der Waals surface area contributed by atoms with Gasteiger partial charge in [-0.25, -0.2) is 9.97 Å². The maximum atomic E-state index is 13.3. The normalized spacial score (nSPS) is 11.5. The van der Waals surface area contributed by atoms with Crippen molar-refractivity contribution in [2.24, 2.45) is 5.73 Å². The van der Waals surface area contributed by atoms with Gasteiger partial charge in [0.15, 0.2) is 5.82 Å². The molecule has 0 bridgehead atoms. The van der Waals surface area contributed by atoms with Crippen LogP contribution in [0, 0.1) is 0 Å². The van der Waals surface area contributed by atoms with Gasteiger partial charge in [-0.05, 0) is 23.8 Å². The number of hydrogen-bond acceptors (Lipinski definition) is 5. The second-order valence-electron chi connectivity index (χ2n) is 7.63. The zero-order valence-electron chi connectivity index (χ0n) is 17.8. The highest BCUT2D eigenvalue weighted by atomic mass is 19.4. The number of rotatable bonds is 5. The standard InChI is InChI=1S/C23H19F3N6O2/c1-12(33)30-22-20(14-4-2-13(3-5-14)8-18(27)34)32-11-15(6-7-19(32)31-22)16-9-17(23(24,25)26)21(28)29-10-16/h2-7,9-11H,8H2,1H3,(H2,27,34)(H2,28,29)(H,30,33). The Morgan fingerprint density at radius 3 is 2.35 bits per heavy atom. The lowest BCUT2D eigenvalue weighted by molar-refractivity contribution is -0.137. The molecule has 3 heterocycles. The van der Waals surface area contributed by atoms with Gasteiger partial charge in [0.2, 0.25) is 11.8 Å². The minimum absolute atomic E-state index is 0.0712. The minimum Gasteiger partial charge on any atom is -0.383 e. The molecule has 0 radical (unpaired) electrons. The lowest BCUT2D eigenvalue weighted by atomic mass is 10.1. The first-order valence-electron chi connectivity index (χ1n) is 10.0. The van der Waals surface area contributed by atoms with Crippen LogP contribution in [0.2, 0.25) is 0 Å². The van der Waals surface area contributed by atoms with E-state index in [0.29, 0.717) is 28.0 Å². The van der Waals surface area contributed by atoms with E-state index in [1.807, 2.05) is 0 Å². The van der Waals surface area contributed by atoms with Gasteiger partial charge in [-0.2, -0.15) is 13.2 Å². The molecule has 34 heavy (non-hydrogen) atoms. The second-order valence-corrected chi connectivity index (χ2v) is 7.63. The van der Waals surface area contributed by atoms with Crippen LogP contribution in [0.5, 0.6) is 0 Å². The largest absolute Gasteiger partial charge is 0.419 e. The van der Waals surface area contributed by atoms with Gasteiger partial charge in [-0.15, -0.1) is 0 Å². The number of carbonyl (C=O) groups is 2. The third kappa shape index (κ3) is 4.53. The third-order valence-corrected chi connectivity index (χ3v) is 5.08. The van der Waals surface area contributed by atoms with Crippen molar-refractivity contribution in [1.29, 1.82) is 0 Å². The third-order valence-electron chi connectivity index (χ3n) is 5.08. The lowest BCUT2D eigenvalue weighted by Crippen LogP contribution is -2.13. The second kappa shape index (κ2) is 8.50. The number of nitrogens with one attached hydrogen (secondary N) is 1. The Morgan fingerprint density at radius 2 is 1.74 bits per heavy atom. The van der Waals surface area contributed by atoms with Crippen LogP contribution >= 0.6 is 0 Å². The van der Waals surface area contributed by atoms with E-state index >= 15 is 0 Å². The molecular weight excluding hydrogens is 449 g/mol. The zero-order chi connectivity index (χ0) is 24.6. The van der Waals surface area contributed by atoms with E-state index in [2.05, 4.69) is 15.3 Å². The highest BCUT2D eigenvalue weighted by Gasteiger charge is 2.34. The maximum absolute atomic E-state index is 13.3. The zero-order valence-corrected chi connectivity index (χ0v) is 17.8. The molecular formula is C23H19F3N6O2. The molecule has 11 heteroatoms. The van der Waals surface area contributed by atoms with E-state index in [4.69, 9.17) is 11.5 Å². The summed E-state index contributed by atoms with van der Waals surface area (Å²) in [5.41, 5.74) is 12.6. The van der Waals surface area contributed by atoms with Crippen LogP contribution in [0.3, 0.4) is 0 Å². The molecule has 8 nitrogen and oxygen atoms in total. The molecule has 0 fully saturated rings. The van der Waals surface area contributed by atoms with Gasteiger partial charge in [0, 0.05) is 36.0 Å². The van der Waals surface area contributed by atoms with Gasteiger partial charge in [-0.1, -0.05) is 24.3 Å². The Labute approximate surface area is 191 Å². The number of aromatic nitrogens is 3. The summed E-state index contributed by atoms with van der Waals surface area (Å²) in [7, 11) is 0. The summed E-state index contributed by atoms with van der Waals surface area (Å²) in [5, 5.41) is 2.68. The van der Waals surface area contributed by atoms with E-state index in [9.17, 15) is 22.8 Å². The highest BCUT2D eigenvalue weighted by Crippen LogP contribution is 2.36. The van der Waals surface area contributed by atoms with Crippen LogP contribution in [0.25, 0.3) is 28.0 Å². The number of nitrogens with zero attached hydrogens (tertiary/aromatic N) is 3. The Kier molecular flexibility index (Phi) is 5.70. The van der Waals surface area contributed by atoms with Crippen molar-refractivity contribution in [3.8, 4) is 22.4 Å². The monoisotopic (exact) mass is 468 g/mol. The number of fused-ring (bicyclic) bond motifs is 1. The number of alkyl halides is 3. The first-order valence-corrected chi connectivity index (χ1v) is 10.0. The maximum Gasteiger partial charge on any atom is 0.419 e. The smallest absolute Gasteiger partial charge is 0.383 e. The number of halogens is 3. The molecule has 0 saturated heterocycles. The molecule has 0 aliphatic heterocycles. The summed E-state index contributed by atoms with van der Waals surface area (Å²) >= 11 is 0. The van der Waals surface area contributed by atoms with Crippen molar-refractivity contribution in [2.75, 3.05) is 11.1 Å². The van der Waals surface area contributed by atoms with E-state index in [1.54, 1.807) is 47.0 Å². The molecule has 0 saturated carbocycles. The number of imidazole rings is 1. The number of pyridine rings is 2. The summed E-state index contributed by atoms with van der Waals surface area (Å²) in [4.78, 5) is 31.1. The Balaban J connectivity index is 1.87. The van der Waals surface area contributed by atoms with Gasteiger partial charge >= 0.3 is 6.18 Å². The van der Waals surface area contributed by atoms with Gasteiger partial charge in [0.05, 0.1) is 17.7 Å². The van der Waals surface area contributed by atoms with Crippen LogP contribution in [-0.2, 0) is 22.2 Å². The summed E-state index contributed by atoms with van der Waals surface area (Å²) in [5.74, 6) is -1.14. The molecule has 3 aromatic heterocycles. The summed E-state index contributed by atoms with van der Waals surface area (Å²) < 4.78 is 41.6. The van der Waals surface area contributed by atoms with E-state index in [0.717, 1.165) is 6.07 Å². The van der Waals surface area contributed by atoms with Crippen molar-refractivity contribution in [1.82, 2.24) is 14.4 Å². The first kappa shape index (κ1) is 22.8. The van der Waals surface area contributed by atoms with E-state index in [1.165, 1.54) is 13.1 Å². The quantitative estimate of drug-likeness (QED) is 0.412. The number of hydrogen-bond donors (Lipinski definition) is 3. The fourth-order valence-corrected chi connectivity index (χ4v) is 3.59. The van der Waals surface area contributed by atoms with Crippen molar-refractivity contribution in [3.63, 3.8) is 0 Å². The van der Waals surface area contributed by atoms with Crippen LogP contribution < -0.4 is 16.8 Å². The van der Waals surface area contributed by atoms with Gasteiger partial charge < -0.3 is 16.8 Å². The number of primary amides is 1. The Morgan fingerprint density at radius 1 is 1.06 bits per heavy atom. The van der Waals surface area contributed by atoms with E-state index < -0.39 is 23.5 Å². The summed E-state index contributed by atoms with van der Waals surface area (Å²) in [6, 6.07) is 11.1. The van der Waals surface area contributed by atoms with E-state index in [-0.39, 0.29) is 23.7 Å². The minimum atomic E-state index is -4.65. The number of anilines is 2. The molecule has 0 aliphatic carbocycles. The highest BCUT2D eigenvalue weighted by molar-refractivity contribution is 5.93. The molecule has 0 spiro atoms. The molecule has 4 rings (SSSR count). The van der Waals surface area contributed by atoms with Gasteiger partial charge in [0.1, 0.15) is 11.5 Å². The number of nitrogens with two attached hydrogens (primary N) is 2. The predicted octanol–water partition coefficient (Wildman–Crippen LogP) is 3.65. The topological polar surface area (TPSA) is 128 Å². The van der Waals surface area contributed by atoms with Gasteiger partial charge in [0.25, 0.3) is 0 Å². The lowest BCUT2D eigenvalue weighted by Gasteiger charge is -2.12. The molecule has 5 N–H and O–H groups in total. The molecule has 0 aliphatic rings. The van der Waals surface area contributed by atoms with Crippen LogP contribution in [0.4, 0.5) is 24.8 Å². The Hall–Kier alpha value is -4.41. The van der Waals surface area contributed by atoms with Crippen molar-refractivity contribution in [3.05, 3.63) is 66.0 Å². The fraction of sp³-hybridized carbons (Fsp3) is 0.130. The Bertz CT molecular complexity index is 1410. The number of nitrogen functional groups attached to an aromatic ring is 1. The van der Waals surface area contributed by atoms with Crippen molar-refractivity contribution < 1.29 is 22.8 Å². The SMILES string of the molecule is CC(=O)Nc1nc2ccc(-c3cnc(N)c(C(F)(F)F)c3)cn2c1-c1ccc(CC(N)=O)cc1. The first-order chi connectivity index (χ1) is 16.0. The average molecular weight is 468 g/mol. The number of benzene rings is 1. The van der Waals surface area contributed by atoms with Crippen LogP contribution in [-0.4, -0.2) is 26.2 Å². The summed E-state index contributed by atoms with van der Waals surface area (Å²) in [6.07, 6.45) is -1.71. The van der Waals surface area contributed by atoms with Crippen LogP contribution in [0.1, 0.15) is 18.1 Å². The fourth-order valence-electron chi connectivity index (χ4n) is 3.59. The molecule has 0 unspecified atom stereocenters. The molecule has 174 valence electrons. The molecule has 2 amide bonds. The predicted molar refractivity (Wildman–Crippen MR) is 120 cm³/mol. The van der Waals surface area contributed by atoms with Crippen molar-refractivity contribution >= 4 is 29.1 Å². The molecule has 0 atom stereocenters. The van der Waals surface area contributed by atoms with Crippen LogP contribution in [0.15, 0.2) is 54.9 Å². The van der Waals surface area contributed by atoms with Gasteiger partial charge in [-0.3, -0.25) is 14.0 Å². The number of amides is 2.